The first-order valence-electron chi connectivity index (χ1n) is 4.51. The highest BCUT2D eigenvalue weighted by molar-refractivity contribution is 7.97. The SMILES string of the molecule is CSn1c(C(N)=O)nc2ccccc2c1=O. The summed E-state index contributed by atoms with van der Waals surface area (Å²) in [5.41, 5.74) is 5.38. The third kappa shape index (κ3) is 1.57. The fraction of sp³-hybridized carbons (Fsp3) is 0.100. The number of amides is 1. The second-order valence-electron chi connectivity index (χ2n) is 3.10. The van der Waals surface area contributed by atoms with Crippen LogP contribution in [-0.4, -0.2) is 21.1 Å². The summed E-state index contributed by atoms with van der Waals surface area (Å²) in [5.74, 6) is -0.742. The summed E-state index contributed by atoms with van der Waals surface area (Å²) in [6.07, 6.45) is 1.68. The zero-order valence-corrected chi connectivity index (χ0v) is 9.32. The number of hydrogen-bond donors (Lipinski definition) is 1. The van der Waals surface area contributed by atoms with Crippen molar-refractivity contribution in [1.82, 2.24) is 8.96 Å². The molecule has 0 saturated heterocycles. The Morgan fingerprint density at radius 2 is 2.12 bits per heavy atom. The van der Waals surface area contributed by atoms with Gasteiger partial charge in [0.15, 0.2) is 0 Å². The van der Waals surface area contributed by atoms with E-state index in [4.69, 9.17) is 5.73 Å². The predicted octanol–water partition coefficient (Wildman–Crippen LogP) is 0.621. The highest BCUT2D eigenvalue weighted by Crippen LogP contribution is 2.10. The van der Waals surface area contributed by atoms with Crippen molar-refractivity contribution in [2.45, 2.75) is 0 Å². The normalized spacial score (nSPS) is 10.6. The molecule has 6 heteroatoms. The first-order valence-corrected chi connectivity index (χ1v) is 5.69. The molecule has 0 radical (unpaired) electrons. The molecule has 0 aliphatic carbocycles. The molecule has 2 aromatic rings. The van der Waals surface area contributed by atoms with Crippen molar-refractivity contribution in [3.05, 3.63) is 40.4 Å². The number of aromatic nitrogens is 2. The molecule has 5 nitrogen and oxygen atoms in total. The number of carbonyl (C=O) groups is 1. The van der Waals surface area contributed by atoms with E-state index in [1.807, 2.05) is 0 Å². The molecular weight excluding hydrogens is 226 g/mol. The number of para-hydroxylation sites is 1. The average Bonchev–Trinajstić information content (AvgIpc) is 2.29. The Balaban J connectivity index is 2.93. The van der Waals surface area contributed by atoms with Gasteiger partial charge in [0.2, 0.25) is 5.82 Å². The van der Waals surface area contributed by atoms with Gasteiger partial charge in [0.05, 0.1) is 10.9 Å². The first-order chi connectivity index (χ1) is 7.65. The Hall–Kier alpha value is -1.82. The lowest BCUT2D eigenvalue weighted by Gasteiger charge is -2.07. The number of fused-ring (bicyclic) bond motifs is 1. The molecule has 0 aliphatic heterocycles. The van der Waals surface area contributed by atoms with Crippen LogP contribution in [0.3, 0.4) is 0 Å². The molecule has 0 bridgehead atoms. The Kier molecular flexibility index (Phi) is 2.66. The Labute approximate surface area is 95.4 Å². The molecule has 82 valence electrons. The molecule has 1 aromatic heterocycles. The molecule has 0 saturated carbocycles. The number of nitrogens with two attached hydrogens (primary N) is 1. The Morgan fingerprint density at radius 1 is 1.44 bits per heavy atom. The summed E-state index contributed by atoms with van der Waals surface area (Å²) in [6, 6.07) is 6.85. The van der Waals surface area contributed by atoms with Crippen molar-refractivity contribution >= 4 is 28.8 Å². The molecule has 0 atom stereocenters. The van der Waals surface area contributed by atoms with E-state index in [1.54, 1.807) is 30.5 Å². The number of hydrogen-bond acceptors (Lipinski definition) is 4. The van der Waals surface area contributed by atoms with Crippen molar-refractivity contribution in [1.29, 1.82) is 0 Å². The molecule has 1 amide bonds. The van der Waals surface area contributed by atoms with Gasteiger partial charge < -0.3 is 5.73 Å². The molecule has 0 fully saturated rings. The molecule has 0 unspecified atom stereocenters. The van der Waals surface area contributed by atoms with Gasteiger partial charge in [-0.1, -0.05) is 12.1 Å². The average molecular weight is 235 g/mol. The highest BCUT2D eigenvalue weighted by Gasteiger charge is 2.13. The van der Waals surface area contributed by atoms with E-state index >= 15 is 0 Å². The monoisotopic (exact) mass is 235 g/mol. The number of benzene rings is 1. The van der Waals surface area contributed by atoms with Crippen LogP contribution < -0.4 is 11.3 Å². The van der Waals surface area contributed by atoms with Gasteiger partial charge in [-0.2, -0.15) is 0 Å². The summed E-state index contributed by atoms with van der Waals surface area (Å²) >= 11 is 1.11. The smallest absolute Gasteiger partial charge is 0.285 e. The van der Waals surface area contributed by atoms with Gasteiger partial charge in [0, 0.05) is 6.26 Å². The fourth-order valence-corrected chi connectivity index (χ4v) is 2.01. The number of primary amides is 1. The van der Waals surface area contributed by atoms with Gasteiger partial charge in [-0.15, -0.1) is 0 Å². The van der Waals surface area contributed by atoms with Gasteiger partial charge in [-0.25, -0.2) is 8.96 Å². The van der Waals surface area contributed by atoms with Crippen molar-refractivity contribution in [2.24, 2.45) is 5.73 Å². The standard InChI is InChI=1S/C10H9N3O2S/c1-16-13-9(8(11)14)12-7-5-3-2-4-6(7)10(13)15/h2-5H,1H3,(H2,11,14). The summed E-state index contributed by atoms with van der Waals surface area (Å²) in [4.78, 5) is 27.2. The van der Waals surface area contributed by atoms with Gasteiger partial charge in [-0.05, 0) is 24.1 Å². The molecule has 2 rings (SSSR count). The number of carbonyl (C=O) groups excluding carboxylic acids is 1. The topological polar surface area (TPSA) is 78.0 Å². The fourth-order valence-electron chi connectivity index (χ4n) is 1.44. The van der Waals surface area contributed by atoms with E-state index in [-0.39, 0.29) is 11.4 Å². The van der Waals surface area contributed by atoms with E-state index < -0.39 is 5.91 Å². The van der Waals surface area contributed by atoms with Gasteiger partial charge >= 0.3 is 0 Å². The molecule has 0 aliphatic rings. The van der Waals surface area contributed by atoms with Crippen LogP contribution >= 0.6 is 11.9 Å². The minimum Gasteiger partial charge on any atom is -0.363 e. The zero-order chi connectivity index (χ0) is 11.7. The van der Waals surface area contributed by atoms with Crippen molar-refractivity contribution in [2.75, 3.05) is 6.26 Å². The largest absolute Gasteiger partial charge is 0.363 e. The van der Waals surface area contributed by atoms with Gasteiger partial charge in [0.1, 0.15) is 0 Å². The van der Waals surface area contributed by atoms with E-state index in [9.17, 15) is 9.59 Å². The van der Waals surface area contributed by atoms with Crippen LogP contribution in [-0.2, 0) is 0 Å². The summed E-state index contributed by atoms with van der Waals surface area (Å²) in [7, 11) is 0. The van der Waals surface area contributed by atoms with E-state index in [2.05, 4.69) is 4.98 Å². The van der Waals surface area contributed by atoms with Crippen LogP contribution in [0.25, 0.3) is 10.9 Å². The molecular formula is C10H9N3O2S. The summed E-state index contributed by atoms with van der Waals surface area (Å²) in [6.45, 7) is 0. The second-order valence-corrected chi connectivity index (χ2v) is 3.83. The van der Waals surface area contributed by atoms with E-state index in [0.717, 1.165) is 11.9 Å². The quantitative estimate of drug-likeness (QED) is 0.827. The van der Waals surface area contributed by atoms with Crippen LogP contribution in [0.4, 0.5) is 0 Å². The first kappa shape index (κ1) is 10.7. The maximum absolute atomic E-state index is 12.0. The number of rotatable bonds is 2. The third-order valence-electron chi connectivity index (χ3n) is 2.14. The van der Waals surface area contributed by atoms with E-state index in [1.165, 1.54) is 3.97 Å². The van der Waals surface area contributed by atoms with Crippen molar-refractivity contribution in [3.8, 4) is 0 Å². The van der Waals surface area contributed by atoms with Crippen molar-refractivity contribution in [3.63, 3.8) is 0 Å². The molecule has 16 heavy (non-hydrogen) atoms. The lowest BCUT2D eigenvalue weighted by atomic mass is 10.2. The van der Waals surface area contributed by atoms with Crippen LogP contribution in [0.1, 0.15) is 10.6 Å². The van der Waals surface area contributed by atoms with Crippen LogP contribution in [0.2, 0.25) is 0 Å². The summed E-state index contributed by atoms with van der Waals surface area (Å²) < 4.78 is 1.20. The minimum absolute atomic E-state index is 0.0313. The van der Waals surface area contributed by atoms with Gasteiger partial charge in [-0.3, -0.25) is 9.59 Å². The van der Waals surface area contributed by atoms with Crippen LogP contribution in [0.5, 0.6) is 0 Å². The lowest BCUT2D eigenvalue weighted by molar-refractivity contribution is 0.0989. The maximum Gasteiger partial charge on any atom is 0.285 e. The molecule has 1 heterocycles. The van der Waals surface area contributed by atoms with Gasteiger partial charge in [0.25, 0.3) is 11.5 Å². The maximum atomic E-state index is 12.0. The Morgan fingerprint density at radius 3 is 2.75 bits per heavy atom. The number of nitrogens with zero attached hydrogens (tertiary/aromatic N) is 2. The minimum atomic E-state index is -0.711. The van der Waals surface area contributed by atoms with Crippen molar-refractivity contribution < 1.29 is 4.79 Å². The summed E-state index contributed by atoms with van der Waals surface area (Å²) in [5, 5.41) is 0.474. The van der Waals surface area contributed by atoms with Crippen LogP contribution in [0, 0.1) is 0 Å². The zero-order valence-electron chi connectivity index (χ0n) is 8.51. The van der Waals surface area contributed by atoms with E-state index in [0.29, 0.717) is 10.9 Å². The molecule has 2 N–H and O–H groups in total. The second kappa shape index (κ2) is 3.97. The molecule has 1 aromatic carbocycles. The molecule has 0 spiro atoms. The Bertz CT molecular complexity index is 621. The highest BCUT2D eigenvalue weighted by atomic mass is 32.2. The third-order valence-corrected chi connectivity index (χ3v) is 2.84. The van der Waals surface area contributed by atoms with Crippen LogP contribution in [0.15, 0.2) is 29.1 Å². The predicted molar refractivity (Wildman–Crippen MR) is 63.4 cm³/mol. The lowest BCUT2D eigenvalue weighted by Crippen LogP contribution is -2.27.